The highest BCUT2D eigenvalue weighted by Crippen LogP contribution is 2.38. The summed E-state index contributed by atoms with van der Waals surface area (Å²) in [7, 11) is 1.21. The first-order chi connectivity index (χ1) is 37.5. The van der Waals surface area contributed by atoms with Gasteiger partial charge in [0.1, 0.15) is 13.2 Å². The van der Waals surface area contributed by atoms with Gasteiger partial charge in [-0.25, -0.2) is 0 Å². The Morgan fingerprint density at radius 1 is 0.468 bits per heavy atom. The molecule has 0 bridgehead atoms. The number of carbonyl (C=O) groups excluding carboxylic acids is 1. The topological polar surface area (TPSA) is 108 Å². The fourth-order valence-electron chi connectivity index (χ4n) is 8.00. The molecule has 0 spiro atoms. The van der Waals surface area contributed by atoms with Gasteiger partial charge in [-0.05, 0) is 116 Å². The van der Waals surface area contributed by atoms with Crippen molar-refractivity contribution in [2.24, 2.45) is 0 Å². The van der Waals surface area contributed by atoms with E-state index in [9.17, 15) is 19.4 Å². The van der Waals surface area contributed by atoms with Gasteiger partial charge >= 0.3 is 0 Å². The van der Waals surface area contributed by atoms with E-state index in [4.69, 9.17) is 9.05 Å². The van der Waals surface area contributed by atoms with Crippen LogP contribution in [0.5, 0.6) is 0 Å². The number of aliphatic hydroxyl groups excluding tert-OH is 1. The molecule has 0 aromatic rings. The first kappa shape index (κ1) is 73.4. The number of aliphatic hydroxyl groups is 1. The van der Waals surface area contributed by atoms with E-state index in [1.54, 1.807) is 6.08 Å². The van der Waals surface area contributed by atoms with Gasteiger partial charge in [0.25, 0.3) is 7.82 Å². The van der Waals surface area contributed by atoms with E-state index in [0.717, 1.165) is 116 Å². The predicted molar refractivity (Wildman–Crippen MR) is 334 cm³/mol. The molecule has 9 heteroatoms. The smallest absolute Gasteiger partial charge is 0.268 e. The van der Waals surface area contributed by atoms with E-state index in [0.29, 0.717) is 17.4 Å². The molecule has 0 aromatic carbocycles. The van der Waals surface area contributed by atoms with Crippen molar-refractivity contribution in [3.8, 4) is 0 Å². The second-order valence-corrected chi connectivity index (χ2v) is 22.7. The van der Waals surface area contributed by atoms with Gasteiger partial charge in [-0.2, -0.15) is 0 Å². The van der Waals surface area contributed by atoms with Gasteiger partial charge in [0.2, 0.25) is 5.91 Å². The first-order valence-electron chi connectivity index (χ1n) is 30.7. The summed E-state index contributed by atoms with van der Waals surface area (Å²) in [5, 5.41) is 13.9. The largest absolute Gasteiger partial charge is 0.756 e. The zero-order valence-electron chi connectivity index (χ0n) is 49.8. The summed E-state index contributed by atoms with van der Waals surface area (Å²) >= 11 is 0. The molecule has 1 amide bonds. The van der Waals surface area contributed by atoms with Crippen LogP contribution in [-0.4, -0.2) is 68.5 Å². The predicted octanol–water partition coefficient (Wildman–Crippen LogP) is 18.6. The monoisotopic (exact) mass is 1090 g/mol. The molecule has 0 radical (unpaired) electrons. The molecule has 0 saturated heterocycles. The lowest BCUT2D eigenvalue weighted by Gasteiger charge is -2.29. The standard InChI is InChI=1S/C68H115N2O6P/c1-6-8-10-12-14-16-18-20-22-24-26-28-29-30-31-32-33-34-35-36-37-38-39-40-41-42-44-46-48-50-52-54-56-58-60-62-68(72)69-66(65-76-77(73,74)75-64-63-70(3,4)5)67(71)61-59-57-55-53-51-49-47-45-43-27-25-23-21-19-17-15-13-11-9-7-2/h8,10,14,16,20,22,26,28,30-31,33-34,36-37,39-40,42-45,51,53,59,61,66-67,71H,6-7,9,11-13,15,17-19,21,23-25,27,29,32,35,38,41,46-50,52,54-58,60,62-65H2,1-5H3,(H-,69,72,73,74)/b10-8-,16-14-,22-20-,28-26-,31-30-,34-33-,37-36-,40-39-,44-42-,45-43+,53-51+,61-59+. The molecular formula is C68H115N2O6P. The van der Waals surface area contributed by atoms with Crippen LogP contribution >= 0.6 is 7.82 Å². The fraction of sp³-hybridized carbons (Fsp3) is 0.632. The minimum Gasteiger partial charge on any atom is -0.756 e. The fourth-order valence-corrected chi connectivity index (χ4v) is 8.72. The summed E-state index contributed by atoms with van der Waals surface area (Å²) in [6.07, 6.45) is 87.9. The number of likely N-dealkylation sites (N-methyl/N-ethyl adjacent to an activating group) is 1. The molecule has 0 aliphatic rings. The third kappa shape index (κ3) is 59.9. The van der Waals surface area contributed by atoms with E-state index < -0.39 is 26.6 Å². The van der Waals surface area contributed by atoms with Gasteiger partial charge in [-0.15, -0.1) is 0 Å². The van der Waals surface area contributed by atoms with Crippen molar-refractivity contribution in [2.75, 3.05) is 40.9 Å². The van der Waals surface area contributed by atoms with Crippen LogP contribution in [0.3, 0.4) is 0 Å². The minimum absolute atomic E-state index is 0.0192. The number of phosphoric acid groups is 1. The summed E-state index contributed by atoms with van der Waals surface area (Å²) in [6.45, 7) is 4.48. The Hall–Kier alpha value is -3.62. The normalized spacial score (nSPS) is 14.8. The van der Waals surface area contributed by atoms with Crippen LogP contribution in [0, 0.1) is 0 Å². The van der Waals surface area contributed by atoms with Gasteiger partial charge in [-0.3, -0.25) is 9.36 Å². The number of hydrogen-bond donors (Lipinski definition) is 2. The number of nitrogens with zero attached hydrogens (tertiary/aromatic N) is 1. The Labute approximate surface area is 474 Å². The third-order valence-electron chi connectivity index (χ3n) is 12.8. The summed E-state index contributed by atoms with van der Waals surface area (Å²) in [4.78, 5) is 25.5. The van der Waals surface area contributed by atoms with Crippen molar-refractivity contribution in [1.29, 1.82) is 0 Å². The maximum atomic E-state index is 13.0. The maximum Gasteiger partial charge on any atom is 0.268 e. The number of allylic oxidation sites excluding steroid dienone is 23. The summed E-state index contributed by atoms with van der Waals surface area (Å²) in [6, 6.07) is -0.928. The first-order valence-corrected chi connectivity index (χ1v) is 32.2. The van der Waals surface area contributed by atoms with E-state index in [1.807, 2.05) is 27.2 Å². The zero-order valence-corrected chi connectivity index (χ0v) is 50.7. The van der Waals surface area contributed by atoms with Gasteiger partial charge < -0.3 is 28.8 Å². The van der Waals surface area contributed by atoms with Gasteiger partial charge in [0, 0.05) is 6.42 Å². The van der Waals surface area contributed by atoms with Crippen LogP contribution < -0.4 is 10.2 Å². The maximum absolute atomic E-state index is 13.0. The van der Waals surface area contributed by atoms with E-state index in [1.165, 1.54) is 89.9 Å². The molecule has 8 nitrogen and oxygen atoms in total. The van der Waals surface area contributed by atoms with Crippen molar-refractivity contribution in [3.05, 3.63) is 146 Å². The number of carbonyl (C=O) groups is 1. The number of hydrogen-bond acceptors (Lipinski definition) is 6. The van der Waals surface area contributed by atoms with Crippen LogP contribution in [0.2, 0.25) is 0 Å². The van der Waals surface area contributed by atoms with Crippen LogP contribution in [0.15, 0.2) is 146 Å². The molecule has 3 unspecified atom stereocenters. The minimum atomic E-state index is -4.62. The number of quaternary nitrogens is 1. The van der Waals surface area contributed by atoms with Crippen LogP contribution in [-0.2, 0) is 18.4 Å². The second kappa shape index (κ2) is 57.1. The molecule has 0 fully saturated rings. The summed E-state index contributed by atoms with van der Waals surface area (Å²) in [5.41, 5.74) is 0. The van der Waals surface area contributed by atoms with E-state index in [-0.39, 0.29) is 12.5 Å². The zero-order chi connectivity index (χ0) is 56.3. The molecule has 0 aliphatic carbocycles. The van der Waals surface area contributed by atoms with Crippen molar-refractivity contribution in [2.45, 2.75) is 238 Å². The number of rotatable bonds is 54. The number of phosphoric ester groups is 1. The van der Waals surface area contributed by atoms with Gasteiger partial charge in [0.15, 0.2) is 0 Å². The summed E-state index contributed by atoms with van der Waals surface area (Å²) < 4.78 is 23.3. The molecule has 0 saturated carbocycles. The van der Waals surface area contributed by atoms with Crippen LogP contribution in [0.1, 0.15) is 226 Å². The number of amides is 1. The lowest BCUT2D eigenvalue weighted by Crippen LogP contribution is -2.45. The van der Waals surface area contributed by atoms with Gasteiger partial charge in [0.05, 0.1) is 39.9 Å². The van der Waals surface area contributed by atoms with Gasteiger partial charge in [-0.1, -0.05) is 250 Å². The van der Waals surface area contributed by atoms with Crippen molar-refractivity contribution in [3.63, 3.8) is 0 Å². The van der Waals surface area contributed by atoms with Crippen LogP contribution in [0.4, 0.5) is 0 Å². The molecule has 0 aliphatic heterocycles. The van der Waals surface area contributed by atoms with E-state index >= 15 is 0 Å². The quantitative estimate of drug-likeness (QED) is 0.0272. The van der Waals surface area contributed by atoms with Crippen molar-refractivity contribution in [1.82, 2.24) is 5.32 Å². The Balaban J connectivity index is 4.28. The van der Waals surface area contributed by atoms with Crippen molar-refractivity contribution >= 4 is 13.7 Å². The number of unbranched alkanes of at least 4 members (excludes halogenated alkanes) is 19. The molecule has 0 heterocycles. The highest BCUT2D eigenvalue weighted by Gasteiger charge is 2.23. The molecular weight excluding hydrogens is 972 g/mol. The average molecular weight is 1090 g/mol. The molecule has 77 heavy (non-hydrogen) atoms. The lowest BCUT2D eigenvalue weighted by molar-refractivity contribution is -0.870. The third-order valence-corrected chi connectivity index (χ3v) is 13.7. The molecule has 0 aromatic heterocycles. The highest BCUT2D eigenvalue weighted by molar-refractivity contribution is 7.45. The average Bonchev–Trinajstić information content (AvgIpc) is 3.39. The van der Waals surface area contributed by atoms with Crippen LogP contribution in [0.25, 0.3) is 0 Å². The molecule has 0 rings (SSSR count). The number of nitrogens with one attached hydrogen (secondary N) is 1. The Bertz CT molecular complexity index is 1760. The second-order valence-electron chi connectivity index (χ2n) is 21.3. The summed E-state index contributed by atoms with van der Waals surface area (Å²) in [5.74, 6) is -0.229. The Kier molecular flexibility index (Phi) is 54.4. The van der Waals surface area contributed by atoms with E-state index in [2.05, 4.69) is 153 Å². The SMILES string of the molecule is CC/C=C\C/C=C\C/C=C\C/C=C\C/C=C\C/C=C\C/C=C\C/C=C\C/C=C\CCCCCCCCCC(=O)NC(COP(=O)([O-])OCC[N+](C)(C)C)C(O)/C=C/CC/C=C/CC/C=C/CCCCCCCCCCCC. The molecule has 3 atom stereocenters. The molecule has 438 valence electrons. The van der Waals surface area contributed by atoms with Crippen molar-refractivity contribution < 1.29 is 32.9 Å². The Morgan fingerprint density at radius 2 is 0.805 bits per heavy atom. The lowest BCUT2D eigenvalue weighted by atomic mass is 10.1. The Morgan fingerprint density at radius 3 is 1.21 bits per heavy atom. The highest BCUT2D eigenvalue weighted by atomic mass is 31.2. The molecule has 2 N–H and O–H groups in total.